The van der Waals surface area contributed by atoms with E-state index in [1.54, 1.807) is 0 Å². The van der Waals surface area contributed by atoms with Crippen LogP contribution in [0, 0.1) is 0 Å². The predicted octanol–water partition coefficient (Wildman–Crippen LogP) is 2.13. The summed E-state index contributed by atoms with van der Waals surface area (Å²) in [5.74, 6) is 0.263. The summed E-state index contributed by atoms with van der Waals surface area (Å²) in [7, 11) is -2.89. The highest BCUT2D eigenvalue weighted by Crippen LogP contribution is 2.51. The summed E-state index contributed by atoms with van der Waals surface area (Å²) >= 11 is 0. The van der Waals surface area contributed by atoms with E-state index in [1.165, 1.54) is 11.8 Å². The lowest BCUT2D eigenvalue weighted by atomic mass is 9.86. The zero-order valence-electron chi connectivity index (χ0n) is 11.7. The highest BCUT2D eigenvalue weighted by Gasteiger charge is 2.50. The molecule has 1 aliphatic carbocycles. The molecule has 1 aromatic rings. The molecule has 0 radical (unpaired) electrons. The van der Waals surface area contributed by atoms with Crippen molar-refractivity contribution in [2.45, 2.75) is 37.6 Å². The molecule has 19 heavy (non-hydrogen) atoms. The van der Waals surface area contributed by atoms with Crippen molar-refractivity contribution >= 4 is 9.84 Å². The van der Waals surface area contributed by atoms with E-state index in [0.717, 1.165) is 19.4 Å². The first kappa shape index (κ1) is 14.5. The summed E-state index contributed by atoms with van der Waals surface area (Å²) in [4.78, 5) is 0. The molecule has 0 bridgehead atoms. The smallest absolute Gasteiger partial charge is 0.147 e. The minimum absolute atomic E-state index is 0.155. The van der Waals surface area contributed by atoms with Crippen molar-refractivity contribution in [2.24, 2.45) is 0 Å². The van der Waals surface area contributed by atoms with Crippen molar-refractivity contribution in [2.75, 3.05) is 18.6 Å². The Morgan fingerprint density at radius 1 is 1.26 bits per heavy atom. The van der Waals surface area contributed by atoms with Gasteiger partial charge in [-0.2, -0.15) is 0 Å². The molecule has 3 nitrogen and oxygen atoms in total. The highest BCUT2D eigenvalue weighted by molar-refractivity contribution is 7.90. The van der Waals surface area contributed by atoms with Gasteiger partial charge in [0.05, 0.1) is 5.75 Å². The fraction of sp³-hybridized carbons (Fsp3) is 0.600. The van der Waals surface area contributed by atoms with E-state index in [1.807, 2.05) is 6.07 Å². The van der Waals surface area contributed by atoms with Crippen LogP contribution >= 0.6 is 0 Å². The number of nitrogens with one attached hydrogen (secondary N) is 1. The Morgan fingerprint density at radius 2 is 1.89 bits per heavy atom. The molecular formula is C15H23NO2S. The van der Waals surface area contributed by atoms with Gasteiger partial charge in [-0.1, -0.05) is 37.3 Å². The third-order valence-electron chi connectivity index (χ3n) is 4.03. The lowest BCUT2D eigenvalue weighted by Gasteiger charge is -2.28. The normalized spacial score (nSPS) is 19.1. The second-order valence-corrected chi connectivity index (χ2v) is 7.81. The summed E-state index contributed by atoms with van der Waals surface area (Å²) in [6, 6.07) is 10.7. The number of sulfone groups is 1. The average molecular weight is 281 g/mol. The van der Waals surface area contributed by atoms with Gasteiger partial charge in [0.1, 0.15) is 9.84 Å². The Bertz CT molecular complexity index is 506. The van der Waals surface area contributed by atoms with Gasteiger partial charge in [-0.15, -0.1) is 0 Å². The lowest BCUT2D eigenvalue weighted by Crippen LogP contribution is -2.41. The molecule has 2 rings (SSSR count). The number of benzene rings is 1. The van der Waals surface area contributed by atoms with Crippen LogP contribution in [0.25, 0.3) is 0 Å². The first-order valence-electron chi connectivity index (χ1n) is 6.94. The quantitative estimate of drug-likeness (QED) is 0.833. The molecule has 0 amide bonds. The van der Waals surface area contributed by atoms with E-state index < -0.39 is 9.84 Å². The van der Waals surface area contributed by atoms with Gasteiger partial charge in [-0.25, -0.2) is 8.42 Å². The average Bonchev–Trinajstić information content (AvgIpc) is 3.16. The van der Waals surface area contributed by atoms with E-state index >= 15 is 0 Å². The monoisotopic (exact) mass is 281 g/mol. The third kappa shape index (κ3) is 3.57. The molecule has 4 heteroatoms. The van der Waals surface area contributed by atoms with Crippen LogP contribution in [0.3, 0.4) is 0 Å². The molecule has 1 atom stereocenters. The van der Waals surface area contributed by atoms with Crippen LogP contribution in [0.2, 0.25) is 0 Å². The van der Waals surface area contributed by atoms with E-state index in [-0.39, 0.29) is 17.2 Å². The maximum Gasteiger partial charge on any atom is 0.147 e. The molecule has 0 heterocycles. The third-order valence-corrected chi connectivity index (χ3v) is 5.01. The fourth-order valence-electron chi connectivity index (χ4n) is 2.90. The van der Waals surface area contributed by atoms with Crippen LogP contribution in [0.5, 0.6) is 0 Å². The van der Waals surface area contributed by atoms with E-state index in [4.69, 9.17) is 0 Å². The molecule has 1 fully saturated rings. The zero-order valence-corrected chi connectivity index (χ0v) is 12.5. The molecule has 106 valence electrons. The molecule has 1 aromatic carbocycles. The van der Waals surface area contributed by atoms with Crippen LogP contribution in [0.4, 0.5) is 0 Å². The van der Waals surface area contributed by atoms with Gasteiger partial charge >= 0.3 is 0 Å². The standard InChI is InChI=1S/C15H23NO2S/c1-3-16-14(9-12-19(2,17)18)15(10-11-15)13-7-5-4-6-8-13/h4-8,14,16H,3,9-12H2,1-2H3. The highest BCUT2D eigenvalue weighted by atomic mass is 32.2. The molecule has 0 saturated heterocycles. The SMILES string of the molecule is CCNC(CCS(C)(=O)=O)C1(c2ccccc2)CC1. The molecule has 0 spiro atoms. The van der Waals surface area contributed by atoms with E-state index in [9.17, 15) is 8.42 Å². The molecule has 1 aliphatic rings. The predicted molar refractivity (Wildman–Crippen MR) is 79.1 cm³/mol. The van der Waals surface area contributed by atoms with Crippen molar-refractivity contribution in [1.82, 2.24) is 5.32 Å². The largest absolute Gasteiger partial charge is 0.313 e. The Morgan fingerprint density at radius 3 is 2.37 bits per heavy atom. The van der Waals surface area contributed by atoms with Crippen molar-refractivity contribution in [1.29, 1.82) is 0 Å². The Balaban J connectivity index is 2.15. The Hall–Kier alpha value is -0.870. The second kappa shape index (κ2) is 5.63. The zero-order chi connectivity index (χ0) is 13.9. The molecule has 1 N–H and O–H groups in total. The summed E-state index contributed by atoms with van der Waals surface area (Å²) in [5, 5.41) is 3.49. The van der Waals surface area contributed by atoms with Crippen LogP contribution in [-0.4, -0.2) is 33.0 Å². The molecule has 0 aliphatic heterocycles. The summed E-state index contributed by atoms with van der Waals surface area (Å²) in [6.45, 7) is 2.96. The summed E-state index contributed by atoms with van der Waals surface area (Å²) in [5.41, 5.74) is 1.50. The topological polar surface area (TPSA) is 46.2 Å². The van der Waals surface area contributed by atoms with Crippen molar-refractivity contribution in [3.8, 4) is 0 Å². The van der Waals surface area contributed by atoms with Gasteiger partial charge in [0.15, 0.2) is 0 Å². The van der Waals surface area contributed by atoms with Crippen LogP contribution in [-0.2, 0) is 15.3 Å². The number of hydrogen-bond acceptors (Lipinski definition) is 3. The maximum atomic E-state index is 11.4. The maximum absolute atomic E-state index is 11.4. The minimum Gasteiger partial charge on any atom is -0.313 e. The van der Waals surface area contributed by atoms with Gasteiger partial charge in [0.2, 0.25) is 0 Å². The lowest BCUT2D eigenvalue weighted by molar-refractivity contribution is 0.412. The van der Waals surface area contributed by atoms with Crippen LogP contribution in [0.15, 0.2) is 30.3 Å². The number of likely N-dealkylation sites (N-methyl/N-ethyl adjacent to an activating group) is 1. The number of hydrogen-bond donors (Lipinski definition) is 1. The van der Waals surface area contributed by atoms with E-state index in [2.05, 4.69) is 36.5 Å². The fourth-order valence-corrected chi connectivity index (χ4v) is 3.56. The molecule has 1 unspecified atom stereocenters. The summed E-state index contributed by atoms with van der Waals surface area (Å²) < 4.78 is 22.8. The van der Waals surface area contributed by atoms with Crippen molar-refractivity contribution in [3.05, 3.63) is 35.9 Å². The van der Waals surface area contributed by atoms with Crippen molar-refractivity contribution in [3.63, 3.8) is 0 Å². The first-order valence-corrected chi connectivity index (χ1v) is 9.00. The van der Waals surface area contributed by atoms with Crippen LogP contribution < -0.4 is 5.32 Å². The van der Waals surface area contributed by atoms with Crippen molar-refractivity contribution < 1.29 is 8.42 Å². The Kier molecular flexibility index (Phi) is 4.31. The summed E-state index contributed by atoms with van der Waals surface area (Å²) in [6.07, 6.45) is 4.32. The van der Waals surface area contributed by atoms with E-state index in [0.29, 0.717) is 6.42 Å². The van der Waals surface area contributed by atoms with Crippen LogP contribution in [0.1, 0.15) is 31.7 Å². The molecule has 1 saturated carbocycles. The minimum atomic E-state index is -2.89. The van der Waals surface area contributed by atoms with Gasteiger partial charge in [-0.05, 0) is 31.4 Å². The second-order valence-electron chi connectivity index (χ2n) is 5.55. The van der Waals surface area contributed by atoms with Gasteiger partial charge in [-0.3, -0.25) is 0 Å². The van der Waals surface area contributed by atoms with Gasteiger partial charge in [0, 0.05) is 17.7 Å². The molecule has 0 aromatic heterocycles. The van der Waals surface area contributed by atoms with Gasteiger partial charge in [0.25, 0.3) is 0 Å². The number of rotatable bonds is 7. The molecular weight excluding hydrogens is 258 g/mol. The Labute approximate surface area is 116 Å². The first-order chi connectivity index (χ1) is 8.98. The van der Waals surface area contributed by atoms with Gasteiger partial charge < -0.3 is 5.32 Å².